The third kappa shape index (κ3) is 4.99. The molecule has 17 heavy (non-hydrogen) atoms. The zero-order valence-electron chi connectivity index (χ0n) is 10.2. The molecular weight excluding hydrogens is 366 g/mol. The fraction of sp³-hybridized carbons (Fsp3) is 0.667. The van der Waals surface area contributed by atoms with E-state index in [4.69, 9.17) is 0 Å². The van der Waals surface area contributed by atoms with E-state index in [-0.39, 0.29) is 6.10 Å². The number of thiophene rings is 1. The third-order valence-electron chi connectivity index (χ3n) is 2.94. The smallest absolute Gasteiger partial charge is 0.0843 e. The molecule has 0 amide bonds. The Morgan fingerprint density at radius 2 is 2.00 bits per heavy atom. The normalized spacial score (nSPS) is 13.3. The quantitative estimate of drug-likeness (QED) is 0.739. The Hall–Kier alpha value is 0.580. The number of aliphatic hydroxyl groups excluding tert-OH is 1. The number of hydrogen-bond donors (Lipinski definition) is 2. The van der Waals surface area contributed by atoms with E-state index in [1.165, 1.54) is 4.88 Å². The highest BCUT2D eigenvalue weighted by Gasteiger charge is 2.14. The Morgan fingerprint density at radius 3 is 2.47 bits per heavy atom. The summed E-state index contributed by atoms with van der Waals surface area (Å²) in [5, 5.41) is 13.3. The van der Waals surface area contributed by atoms with Crippen molar-refractivity contribution in [1.29, 1.82) is 0 Å². The summed E-state index contributed by atoms with van der Waals surface area (Å²) in [7, 11) is 0. The Kier molecular flexibility index (Phi) is 7.26. The lowest BCUT2D eigenvalue weighted by Gasteiger charge is -2.20. The Morgan fingerprint density at radius 1 is 1.35 bits per heavy atom. The molecule has 0 saturated carbocycles. The van der Waals surface area contributed by atoms with Crippen molar-refractivity contribution in [3.05, 3.63) is 19.2 Å². The second-order valence-corrected chi connectivity index (χ2v) is 7.42. The summed E-state index contributed by atoms with van der Waals surface area (Å²) < 4.78 is 2.22. The summed E-state index contributed by atoms with van der Waals surface area (Å²) in [6.45, 7) is 5.74. The van der Waals surface area contributed by atoms with Gasteiger partial charge in [-0.15, -0.1) is 11.3 Å². The maximum absolute atomic E-state index is 9.97. The third-order valence-corrected chi connectivity index (χ3v) is 6.20. The maximum Gasteiger partial charge on any atom is 0.0843 e. The van der Waals surface area contributed by atoms with E-state index < -0.39 is 0 Å². The molecule has 0 saturated heterocycles. The van der Waals surface area contributed by atoms with Gasteiger partial charge >= 0.3 is 0 Å². The van der Waals surface area contributed by atoms with Gasteiger partial charge in [0.05, 0.1) is 9.89 Å². The van der Waals surface area contributed by atoms with Crippen LogP contribution in [0.5, 0.6) is 0 Å². The second kappa shape index (κ2) is 7.89. The predicted molar refractivity (Wildman–Crippen MR) is 81.5 cm³/mol. The van der Waals surface area contributed by atoms with Crippen molar-refractivity contribution in [3.8, 4) is 0 Å². The Balaban J connectivity index is 2.32. The molecule has 0 aliphatic rings. The van der Waals surface area contributed by atoms with Gasteiger partial charge in [0.25, 0.3) is 0 Å². The number of rotatable bonds is 7. The van der Waals surface area contributed by atoms with Gasteiger partial charge in [0.1, 0.15) is 0 Å². The van der Waals surface area contributed by atoms with Crippen LogP contribution >= 0.6 is 43.2 Å². The van der Waals surface area contributed by atoms with Crippen LogP contribution in [0, 0.1) is 5.92 Å². The number of nitrogens with one attached hydrogen (secondary N) is 1. The molecule has 98 valence electrons. The van der Waals surface area contributed by atoms with E-state index in [0.717, 1.165) is 27.6 Å². The van der Waals surface area contributed by atoms with Crippen molar-refractivity contribution < 1.29 is 5.11 Å². The standard InChI is InChI=1S/C12H19Br2NOS/c1-3-8(4-2)11(16)7-15-6-9-5-10(13)12(14)17-9/h5,8,11,15-16H,3-4,6-7H2,1-2H3. The summed E-state index contributed by atoms with van der Waals surface area (Å²) in [4.78, 5) is 1.26. The van der Waals surface area contributed by atoms with Gasteiger partial charge in [0.2, 0.25) is 0 Å². The first-order chi connectivity index (χ1) is 8.08. The van der Waals surface area contributed by atoms with Gasteiger partial charge in [-0.3, -0.25) is 0 Å². The monoisotopic (exact) mass is 383 g/mol. The first kappa shape index (κ1) is 15.6. The van der Waals surface area contributed by atoms with Crippen LogP contribution in [0.1, 0.15) is 31.6 Å². The predicted octanol–water partition coefficient (Wildman–Crippen LogP) is 4.16. The van der Waals surface area contributed by atoms with Gasteiger partial charge in [0.15, 0.2) is 0 Å². The first-order valence-corrected chi connectivity index (χ1v) is 8.31. The molecule has 1 rings (SSSR count). The Bertz CT molecular complexity index is 320. The molecule has 0 aliphatic heterocycles. The maximum atomic E-state index is 9.97. The summed E-state index contributed by atoms with van der Waals surface area (Å²) in [6, 6.07) is 2.10. The minimum atomic E-state index is -0.239. The largest absolute Gasteiger partial charge is 0.392 e. The van der Waals surface area contributed by atoms with E-state index >= 15 is 0 Å². The number of hydrogen-bond acceptors (Lipinski definition) is 3. The molecule has 1 atom stereocenters. The highest BCUT2D eigenvalue weighted by molar-refractivity contribution is 9.13. The van der Waals surface area contributed by atoms with E-state index in [9.17, 15) is 5.11 Å². The fourth-order valence-corrected chi connectivity index (χ4v) is 3.97. The minimum Gasteiger partial charge on any atom is -0.392 e. The van der Waals surface area contributed by atoms with Gasteiger partial charge < -0.3 is 10.4 Å². The average Bonchev–Trinajstić information content (AvgIpc) is 2.60. The zero-order chi connectivity index (χ0) is 12.8. The highest BCUT2D eigenvalue weighted by Crippen LogP contribution is 2.32. The van der Waals surface area contributed by atoms with E-state index in [0.29, 0.717) is 12.5 Å². The van der Waals surface area contributed by atoms with Crippen LogP contribution in [0.25, 0.3) is 0 Å². The second-order valence-electron chi connectivity index (χ2n) is 4.11. The molecule has 0 fully saturated rings. The van der Waals surface area contributed by atoms with Gasteiger partial charge in [-0.1, -0.05) is 26.7 Å². The molecule has 1 heterocycles. The molecule has 1 unspecified atom stereocenters. The number of halogens is 2. The van der Waals surface area contributed by atoms with Crippen LogP contribution < -0.4 is 5.32 Å². The lowest BCUT2D eigenvalue weighted by molar-refractivity contribution is 0.101. The van der Waals surface area contributed by atoms with Crippen molar-refractivity contribution in [2.45, 2.75) is 39.3 Å². The molecule has 0 aliphatic carbocycles. The van der Waals surface area contributed by atoms with Gasteiger partial charge in [-0.25, -0.2) is 0 Å². The van der Waals surface area contributed by atoms with Crippen LogP contribution in [0.4, 0.5) is 0 Å². The van der Waals surface area contributed by atoms with Crippen LogP contribution in [0.15, 0.2) is 14.3 Å². The molecule has 0 aromatic carbocycles. The lowest BCUT2D eigenvalue weighted by atomic mass is 9.97. The van der Waals surface area contributed by atoms with Gasteiger partial charge in [-0.2, -0.15) is 0 Å². The fourth-order valence-electron chi connectivity index (χ4n) is 1.82. The van der Waals surface area contributed by atoms with E-state index in [1.807, 2.05) is 0 Å². The first-order valence-electron chi connectivity index (χ1n) is 5.90. The van der Waals surface area contributed by atoms with Gasteiger partial charge in [-0.05, 0) is 43.8 Å². The summed E-state index contributed by atoms with van der Waals surface area (Å²) in [6.07, 6.45) is 1.84. The minimum absolute atomic E-state index is 0.239. The summed E-state index contributed by atoms with van der Waals surface area (Å²) in [5.41, 5.74) is 0. The van der Waals surface area contributed by atoms with Crippen LogP contribution in [-0.2, 0) is 6.54 Å². The van der Waals surface area contributed by atoms with Crippen molar-refractivity contribution in [2.24, 2.45) is 5.92 Å². The lowest BCUT2D eigenvalue weighted by Crippen LogP contribution is -2.32. The molecule has 1 aromatic heterocycles. The van der Waals surface area contributed by atoms with Crippen molar-refractivity contribution in [1.82, 2.24) is 5.32 Å². The topological polar surface area (TPSA) is 32.3 Å². The summed E-state index contributed by atoms with van der Waals surface area (Å²) >= 11 is 8.66. The van der Waals surface area contributed by atoms with Crippen molar-refractivity contribution >= 4 is 43.2 Å². The average molecular weight is 385 g/mol. The molecule has 0 radical (unpaired) electrons. The number of aliphatic hydroxyl groups is 1. The van der Waals surface area contributed by atoms with E-state index in [2.05, 4.69) is 57.1 Å². The highest BCUT2D eigenvalue weighted by atomic mass is 79.9. The molecule has 2 nitrogen and oxygen atoms in total. The van der Waals surface area contributed by atoms with Crippen molar-refractivity contribution in [2.75, 3.05) is 6.54 Å². The zero-order valence-corrected chi connectivity index (χ0v) is 14.2. The molecule has 5 heteroatoms. The molecule has 0 spiro atoms. The molecule has 1 aromatic rings. The van der Waals surface area contributed by atoms with Gasteiger partial charge in [0, 0.05) is 22.4 Å². The van der Waals surface area contributed by atoms with Crippen LogP contribution in [0.2, 0.25) is 0 Å². The van der Waals surface area contributed by atoms with Crippen molar-refractivity contribution in [3.63, 3.8) is 0 Å². The van der Waals surface area contributed by atoms with E-state index in [1.54, 1.807) is 11.3 Å². The van der Waals surface area contributed by atoms with Crippen LogP contribution in [0.3, 0.4) is 0 Å². The SMILES string of the molecule is CCC(CC)C(O)CNCc1cc(Br)c(Br)s1. The van der Waals surface area contributed by atoms with Crippen LogP contribution in [-0.4, -0.2) is 17.8 Å². The summed E-state index contributed by atoms with van der Waals surface area (Å²) in [5.74, 6) is 0.407. The molecule has 2 N–H and O–H groups in total. The molecular formula is C12H19Br2NOS. The molecule has 0 bridgehead atoms. The Labute approximate surface area is 124 Å².